The van der Waals surface area contributed by atoms with Crippen LogP contribution in [-0.4, -0.2) is 10.1 Å². The van der Waals surface area contributed by atoms with Crippen molar-refractivity contribution in [3.05, 3.63) is 34.6 Å². The van der Waals surface area contributed by atoms with Crippen molar-refractivity contribution in [2.45, 2.75) is 25.8 Å². The number of benzene rings is 1. The maximum absolute atomic E-state index is 6.04. The molecule has 3 rings (SSSR count). The Morgan fingerprint density at radius 2 is 2.17 bits per heavy atom. The molecular weight excluding hydrogens is 250 g/mol. The summed E-state index contributed by atoms with van der Waals surface area (Å²) in [7, 11) is 0. The van der Waals surface area contributed by atoms with Crippen LogP contribution in [0.2, 0.25) is 5.02 Å². The highest BCUT2D eigenvalue weighted by Gasteiger charge is 2.32. The fourth-order valence-corrected chi connectivity index (χ4v) is 2.30. The van der Waals surface area contributed by atoms with Gasteiger partial charge in [-0.25, -0.2) is 0 Å². The Hall–Kier alpha value is -1.39. The molecule has 0 amide bonds. The summed E-state index contributed by atoms with van der Waals surface area (Å²) in [6.07, 6.45) is 2.31. The van der Waals surface area contributed by atoms with Crippen LogP contribution in [0.1, 0.15) is 30.3 Å². The molecule has 1 fully saturated rings. The van der Waals surface area contributed by atoms with Crippen LogP contribution in [0.4, 0.5) is 0 Å². The van der Waals surface area contributed by atoms with E-state index in [-0.39, 0.29) is 6.04 Å². The van der Waals surface area contributed by atoms with E-state index in [9.17, 15) is 0 Å². The topological polar surface area (TPSA) is 64.9 Å². The number of rotatable bonds is 3. The Morgan fingerprint density at radius 1 is 1.39 bits per heavy atom. The van der Waals surface area contributed by atoms with E-state index in [0.29, 0.717) is 22.7 Å². The minimum Gasteiger partial charge on any atom is -0.334 e. The van der Waals surface area contributed by atoms with Gasteiger partial charge in [0.15, 0.2) is 5.82 Å². The lowest BCUT2D eigenvalue weighted by molar-refractivity contribution is 0.411. The van der Waals surface area contributed by atoms with Crippen molar-refractivity contribution < 1.29 is 4.52 Å². The van der Waals surface area contributed by atoms with Gasteiger partial charge in [-0.15, -0.1) is 0 Å². The highest BCUT2D eigenvalue weighted by Crippen LogP contribution is 2.38. The van der Waals surface area contributed by atoms with Gasteiger partial charge in [0.05, 0.1) is 6.04 Å². The first-order valence-corrected chi connectivity index (χ1v) is 6.38. The normalized spacial score (nSPS) is 16.8. The summed E-state index contributed by atoms with van der Waals surface area (Å²) >= 11 is 6.02. The minimum atomic E-state index is -0.109. The van der Waals surface area contributed by atoms with E-state index in [1.165, 1.54) is 0 Å². The van der Waals surface area contributed by atoms with Gasteiger partial charge in [0.1, 0.15) is 0 Å². The Kier molecular flexibility index (Phi) is 2.84. The standard InChI is InChI=1S/C13H14ClN3O/c1-7-4-9(6-10(14)5-7)13-16-12(17-18-13)11(15)8-2-3-8/h4-6,8,11H,2-3,15H2,1H3. The van der Waals surface area contributed by atoms with Crippen LogP contribution in [0, 0.1) is 12.8 Å². The molecule has 1 aliphatic carbocycles. The number of nitrogens with zero attached hydrogens (tertiary/aromatic N) is 2. The third kappa shape index (κ3) is 2.26. The fraction of sp³-hybridized carbons (Fsp3) is 0.385. The number of halogens is 1. The zero-order valence-corrected chi connectivity index (χ0v) is 10.8. The molecule has 94 valence electrons. The van der Waals surface area contributed by atoms with Crippen molar-refractivity contribution >= 4 is 11.6 Å². The van der Waals surface area contributed by atoms with Crippen LogP contribution in [0.5, 0.6) is 0 Å². The Labute approximate surface area is 110 Å². The minimum absolute atomic E-state index is 0.109. The first-order chi connectivity index (χ1) is 8.63. The molecule has 5 heteroatoms. The Balaban J connectivity index is 1.92. The largest absolute Gasteiger partial charge is 0.334 e. The van der Waals surface area contributed by atoms with Gasteiger partial charge in [-0.3, -0.25) is 0 Å². The van der Waals surface area contributed by atoms with Crippen molar-refractivity contribution in [1.82, 2.24) is 10.1 Å². The van der Waals surface area contributed by atoms with E-state index < -0.39 is 0 Å². The quantitative estimate of drug-likeness (QED) is 0.924. The predicted molar refractivity (Wildman–Crippen MR) is 69.1 cm³/mol. The molecule has 1 aromatic heterocycles. The molecule has 2 N–H and O–H groups in total. The molecule has 0 radical (unpaired) electrons. The molecule has 1 heterocycles. The molecule has 0 aliphatic heterocycles. The zero-order valence-electron chi connectivity index (χ0n) is 10.1. The van der Waals surface area contributed by atoms with Gasteiger partial charge in [0, 0.05) is 10.6 Å². The van der Waals surface area contributed by atoms with E-state index >= 15 is 0 Å². The molecule has 18 heavy (non-hydrogen) atoms. The van der Waals surface area contributed by atoms with Gasteiger partial charge in [-0.05, 0) is 49.4 Å². The molecule has 0 saturated heterocycles. The van der Waals surface area contributed by atoms with Gasteiger partial charge in [-0.1, -0.05) is 16.8 Å². The lowest BCUT2D eigenvalue weighted by atomic mass is 10.1. The molecule has 1 aliphatic rings. The molecule has 1 aromatic carbocycles. The highest BCUT2D eigenvalue weighted by atomic mass is 35.5. The number of hydrogen-bond donors (Lipinski definition) is 1. The maximum Gasteiger partial charge on any atom is 0.258 e. The van der Waals surface area contributed by atoms with Crippen LogP contribution in [0.25, 0.3) is 11.5 Å². The summed E-state index contributed by atoms with van der Waals surface area (Å²) in [6, 6.07) is 5.56. The summed E-state index contributed by atoms with van der Waals surface area (Å²) in [6.45, 7) is 1.97. The molecule has 1 saturated carbocycles. The third-order valence-corrected chi connectivity index (χ3v) is 3.38. The molecular formula is C13H14ClN3O. The second kappa shape index (κ2) is 4.37. The van der Waals surface area contributed by atoms with Crippen molar-refractivity contribution in [3.8, 4) is 11.5 Å². The van der Waals surface area contributed by atoms with Gasteiger partial charge in [-0.2, -0.15) is 4.98 Å². The van der Waals surface area contributed by atoms with Gasteiger partial charge in [0.2, 0.25) is 0 Å². The SMILES string of the molecule is Cc1cc(Cl)cc(-c2nc(C(N)C3CC3)no2)c1. The van der Waals surface area contributed by atoms with E-state index in [4.69, 9.17) is 21.9 Å². The fourth-order valence-electron chi connectivity index (χ4n) is 2.01. The van der Waals surface area contributed by atoms with Crippen LogP contribution in [-0.2, 0) is 0 Å². The monoisotopic (exact) mass is 263 g/mol. The smallest absolute Gasteiger partial charge is 0.258 e. The molecule has 4 nitrogen and oxygen atoms in total. The van der Waals surface area contributed by atoms with Gasteiger partial charge < -0.3 is 10.3 Å². The first-order valence-electron chi connectivity index (χ1n) is 6.00. The van der Waals surface area contributed by atoms with E-state index in [0.717, 1.165) is 24.0 Å². The maximum atomic E-state index is 6.04. The lowest BCUT2D eigenvalue weighted by Gasteiger charge is -2.02. The second-order valence-electron chi connectivity index (χ2n) is 4.84. The molecule has 1 unspecified atom stereocenters. The van der Waals surface area contributed by atoms with Gasteiger partial charge in [0.25, 0.3) is 5.89 Å². The summed E-state index contributed by atoms with van der Waals surface area (Å²) in [5.74, 6) is 1.58. The van der Waals surface area contributed by atoms with Crippen LogP contribution < -0.4 is 5.73 Å². The van der Waals surface area contributed by atoms with Crippen molar-refractivity contribution in [2.24, 2.45) is 11.7 Å². The number of nitrogens with two attached hydrogens (primary N) is 1. The summed E-state index contributed by atoms with van der Waals surface area (Å²) in [4.78, 5) is 4.36. The van der Waals surface area contributed by atoms with Crippen molar-refractivity contribution in [1.29, 1.82) is 0 Å². The van der Waals surface area contributed by atoms with E-state index in [1.54, 1.807) is 0 Å². The predicted octanol–water partition coefficient (Wildman–Crippen LogP) is 3.11. The number of hydrogen-bond acceptors (Lipinski definition) is 4. The lowest BCUT2D eigenvalue weighted by Crippen LogP contribution is -2.13. The van der Waals surface area contributed by atoms with Crippen molar-refractivity contribution in [3.63, 3.8) is 0 Å². The Morgan fingerprint density at radius 3 is 2.83 bits per heavy atom. The van der Waals surface area contributed by atoms with E-state index in [1.807, 2.05) is 25.1 Å². The average Bonchev–Trinajstić information content (AvgIpc) is 3.04. The first kappa shape index (κ1) is 11.7. The Bertz CT molecular complexity index is 557. The molecule has 0 bridgehead atoms. The average molecular weight is 264 g/mol. The number of aryl methyl sites for hydroxylation is 1. The van der Waals surface area contributed by atoms with Crippen LogP contribution in [0.3, 0.4) is 0 Å². The summed E-state index contributed by atoms with van der Waals surface area (Å²) < 4.78 is 5.26. The summed E-state index contributed by atoms with van der Waals surface area (Å²) in [5, 5.41) is 4.62. The molecule has 1 atom stereocenters. The summed E-state index contributed by atoms with van der Waals surface area (Å²) in [5.41, 5.74) is 7.93. The third-order valence-electron chi connectivity index (χ3n) is 3.16. The van der Waals surface area contributed by atoms with Crippen LogP contribution in [0.15, 0.2) is 22.7 Å². The highest BCUT2D eigenvalue weighted by molar-refractivity contribution is 6.30. The zero-order chi connectivity index (χ0) is 12.7. The molecule has 0 spiro atoms. The van der Waals surface area contributed by atoms with E-state index in [2.05, 4.69) is 10.1 Å². The van der Waals surface area contributed by atoms with Gasteiger partial charge >= 0.3 is 0 Å². The van der Waals surface area contributed by atoms with Crippen LogP contribution >= 0.6 is 11.6 Å². The number of aromatic nitrogens is 2. The molecule has 2 aromatic rings. The van der Waals surface area contributed by atoms with Crippen molar-refractivity contribution in [2.75, 3.05) is 0 Å². The second-order valence-corrected chi connectivity index (χ2v) is 5.27.